The van der Waals surface area contributed by atoms with E-state index in [9.17, 15) is 9.18 Å². The van der Waals surface area contributed by atoms with Crippen LogP contribution in [0.2, 0.25) is 0 Å². The van der Waals surface area contributed by atoms with Gasteiger partial charge in [-0.1, -0.05) is 32.0 Å². The molecule has 0 aliphatic carbocycles. The van der Waals surface area contributed by atoms with Crippen LogP contribution in [-0.2, 0) is 10.2 Å². The Hall–Kier alpha value is -1.58. The summed E-state index contributed by atoms with van der Waals surface area (Å²) in [6.45, 7) is 4.04. The minimum absolute atomic E-state index is 0.265. The molecule has 0 saturated heterocycles. The molecule has 0 heterocycles. The predicted octanol–water partition coefficient (Wildman–Crippen LogP) is 2.46. The number of benzene rings is 1. The third-order valence-corrected chi connectivity index (χ3v) is 2.46. The highest BCUT2D eigenvalue weighted by molar-refractivity contribution is 5.67. The first-order valence-electron chi connectivity index (χ1n) is 5.04. The van der Waals surface area contributed by atoms with Crippen molar-refractivity contribution in [2.24, 2.45) is 0 Å². The zero-order valence-electron chi connectivity index (χ0n) is 9.71. The molecule has 0 aromatic heterocycles. The smallest absolute Gasteiger partial charge is 0.406 e. The zero-order chi connectivity index (χ0) is 12.2. The third kappa shape index (κ3) is 2.95. The number of carbonyl (C=O) groups is 1. The molecule has 4 heteroatoms. The topological polar surface area (TPSA) is 38.3 Å². The molecule has 1 aromatic carbocycles. The van der Waals surface area contributed by atoms with Gasteiger partial charge in [0.25, 0.3) is 0 Å². The van der Waals surface area contributed by atoms with Crippen molar-refractivity contribution in [2.45, 2.75) is 19.3 Å². The zero-order valence-corrected chi connectivity index (χ0v) is 9.71. The Labute approximate surface area is 94.6 Å². The van der Waals surface area contributed by atoms with Crippen LogP contribution in [0.25, 0.3) is 0 Å². The number of hydrogen-bond acceptors (Lipinski definition) is 2. The molecule has 0 radical (unpaired) electrons. The molecule has 0 saturated carbocycles. The van der Waals surface area contributed by atoms with Crippen molar-refractivity contribution in [3.8, 4) is 0 Å². The van der Waals surface area contributed by atoms with Crippen LogP contribution in [0, 0.1) is 5.82 Å². The summed E-state index contributed by atoms with van der Waals surface area (Å²) in [6, 6.07) is 6.55. The van der Waals surface area contributed by atoms with Gasteiger partial charge in [0.1, 0.15) is 5.82 Å². The summed E-state index contributed by atoms with van der Waals surface area (Å²) in [4.78, 5) is 10.9. The maximum atomic E-state index is 13.5. The van der Waals surface area contributed by atoms with Crippen LogP contribution in [0.1, 0.15) is 19.4 Å². The van der Waals surface area contributed by atoms with Crippen molar-refractivity contribution in [3.63, 3.8) is 0 Å². The van der Waals surface area contributed by atoms with Gasteiger partial charge in [-0.25, -0.2) is 9.18 Å². The van der Waals surface area contributed by atoms with E-state index >= 15 is 0 Å². The van der Waals surface area contributed by atoms with E-state index in [0.717, 1.165) is 0 Å². The summed E-state index contributed by atoms with van der Waals surface area (Å²) in [5.74, 6) is -0.265. The number of halogens is 1. The molecule has 1 amide bonds. The molecule has 0 unspecified atom stereocenters. The Morgan fingerprint density at radius 3 is 2.62 bits per heavy atom. The lowest BCUT2D eigenvalue weighted by Crippen LogP contribution is -2.37. The number of nitrogens with one attached hydrogen (secondary N) is 1. The van der Waals surface area contributed by atoms with E-state index < -0.39 is 11.5 Å². The van der Waals surface area contributed by atoms with Gasteiger partial charge in [0.15, 0.2) is 0 Å². The van der Waals surface area contributed by atoms with Gasteiger partial charge in [0, 0.05) is 12.0 Å². The average molecular weight is 225 g/mol. The molecule has 0 fully saturated rings. The largest absolute Gasteiger partial charge is 0.453 e. The molecule has 1 N–H and O–H groups in total. The maximum Gasteiger partial charge on any atom is 0.406 e. The normalized spacial score (nSPS) is 11.0. The SMILES string of the molecule is COC(=O)NCC(C)(C)c1ccccc1F. The van der Waals surface area contributed by atoms with Crippen molar-refractivity contribution in [3.05, 3.63) is 35.6 Å². The highest BCUT2D eigenvalue weighted by Gasteiger charge is 2.24. The Morgan fingerprint density at radius 1 is 1.44 bits per heavy atom. The van der Waals surface area contributed by atoms with E-state index in [1.165, 1.54) is 13.2 Å². The first-order valence-corrected chi connectivity index (χ1v) is 5.04. The summed E-state index contributed by atoms with van der Waals surface area (Å²) in [6.07, 6.45) is -0.510. The fourth-order valence-corrected chi connectivity index (χ4v) is 1.47. The van der Waals surface area contributed by atoms with Crippen LogP contribution in [-0.4, -0.2) is 19.7 Å². The molecule has 88 valence electrons. The fraction of sp³-hybridized carbons (Fsp3) is 0.417. The monoisotopic (exact) mass is 225 g/mol. The molecule has 1 aromatic rings. The number of carbonyl (C=O) groups excluding carboxylic acids is 1. The second-order valence-corrected chi connectivity index (χ2v) is 4.21. The fourth-order valence-electron chi connectivity index (χ4n) is 1.47. The van der Waals surface area contributed by atoms with Crippen LogP contribution in [0.5, 0.6) is 0 Å². The van der Waals surface area contributed by atoms with Gasteiger partial charge in [-0.3, -0.25) is 0 Å². The van der Waals surface area contributed by atoms with E-state index in [2.05, 4.69) is 10.1 Å². The van der Waals surface area contributed by atoms with Gasteiger partial charge < -0.3 is 10.1 Å². The summed E-state index contributed by atoms with van der Waals surface area (Å²) < 4.78 is 18.0. The molecular formula is C12H16FNO2. The molecule has 1 rings (SSSR count). The van der Waals surface area contributed by atoms with Gasteiger partial charge in [-0.2, -0.15) is 0 Å². The standard InChI is InChI=1S/C12H16FNO2/c1-12(2,8-14-11(15)16-3)9-6-4-5-7-10(9)13/h4-7H,8H2,1-3H3,(H,14,15). The first-order chi connectivity index (χ1) is 7.47. The Bertz CT molecular complexity index is 377. The van der Waals surface area contributed by atoms with Crippen LogP contribution in [0.3, 0.4) is 0 Å². The number of rotatable bonds is 3. The lowest BCUT2D eigenvalue weighted by molar-refractivity contribution is 0.168. The highest BCUT2D eigenvalue weighted by Crippen LogP contribution is 2.24. The van der Waals surface area contributed by atoms with Crippen LogP contribution < -0.4 is 5.32 Å². The Balaban J connectivity index is 2.77. The minimum atomic E-state index is -0.510. The van der Waals surface area contributed by atoms with Gasteiger partial charge in [0.05, 0.1) is 7.11 Å². The average Bonchev–Trinajstić information content (AvgIpc) is 2.26. The molecule has 0 aliphatic heterocycles. The summed E-state index contributed by atoms with van der Waals surface area (Å²) in [7, 11) is 1.30. The quantitative estimate of drug-likeness (QED) is 0.858. The summed E-state index contributed by atoms with van der Waals surface area (Å²) in [5, 5.41) is 2.57. The highest BCUT2D eigenvalue weighted by atomic mass is 19.1. The van der Waals surface area contributed by atoms with Gasteiger partial charge in [-0.15, -0.1) is 0 Å². The maximum absolute atomic E-state index is 13.5. The van der Waals surface area contributed by atoms with Gasteiger partial charge in [-0.05, 0) is 11.6 Å². The van der Waals surface area contributed by atoms with Crippen LogP contribution in [0.4, 0.5) is 9.18 Å². The molecule has 0 spiro atoms. The van der Waals surface area contributed by atoms with E-state index in [4.69, 9.17) is 0 Å². The van der Waals surface area contributed by atoms with Crippen LogP contribution >= 0.6 is 0 Å². The first kappa shape index (κ1) is 12.5. The number of hydrogen-bond donors (Lipinski definition) is 1. The van der Waals surface area contributed by atoms with Crippen molar-refractivity contribution in [1.82, 2.24) is 5.32 Å². The predicted molar refractivity (Wildman–Crippen MR) is 59.8 cm³/mol. The number of ether oxygens (including phenoxy) is 1. The van der Waals surface area contributed by atoms with Crippen molar-refractivity contribution >= 4 is 6.09 Å². The molecule has 0 bridgehead atoms. The van der Waals surface area contributed by atoms with Crippen molar-refractivity contribution in [2.75, 3.05) is 13.7 Å². The Morgan fingerprint density at radius 2 is 2.06 bits per heavy atom. The van der Waals surface area contributed by atoms with Crippen LogP contribution in [0.15, 0.2) is 24.3 Å². The van der Waals surface area contributed by atoms with Crippen molar-refractivity contribution < 1.29 is 13.9 Å². The second-order valence-electron chi connectivity index (χ2n) is 4.21. The van der Waals surface area contributed by atoms with E-state index in [0.29, 0.717) is 12.1 Å². The number of methoxy groups -OCH3 is 1. The molecule has 0 atom stereocenters. The number of alkyl carbamates (subject to hydrolysis) is 1. The molecule has 16 heavy (non-hydrogen) atoms. The summed E-state index contributed by atoms with van der Waals surface area (Å²) in [5.41, 5.74) is 0.103. The minimum Gasteiger partial charge on any atom is -0.453 e. The van der Waals surface area contributed by atoms with E-state index in [1.54, 1.807) is 18.2 Å². The molecule has 3 nitrogen and oxygen atoms in total. The third-order valence-electron chi connectivity index (χ3n) is 2.46. The molecular weight excluding hydrogens is 209 g/mol. The molecule has 0 aliphatic rings. The van der Waals surface area contributed by atoms with Gasteiger partial charge in [0.2, 0.25) is 0 Å². The van der Waals surface area contributed by atoms with E-state index in [1.807, 2.05) is 13.8 Å². The Kier molecular flexibility index (Phi) is 3.88. The van der Waals surface area contributed by atoms with Gasteiger partial charge >= 0.3 is 6.09 Å². The second kappa shape index (κ2) is 4.96. The summed E-state index contributed by atoms with van der Waals surface area (Å²) >= 11 is 0. The van der Waals surface area contributed by atoms with E-state index in [-0.39, 0.29) is 5.82 Å². The lowest BCUT2D eigenvalue weighted by atomic mass is 9.84. The lowest BCUT2D eigenvalue weighted by Gasteiger charge is -2.25. The number of amides is 1. The van der Waals surface area contributed by atoms with Crippen molar-refractivity contribution in [1.29, 1.82) is 0 Å².